The number of thiocarbonyl (C=S) groups is 1. The van der Waals surface area contributed by atoms with Crippen molar-refractivity contribution in [1.29, 1.82) is 0 Å². The van der Waals surface area contributed by atoms with E-state index in [4.69, 9.17) is 23.8 Å². The lowest BCUT2D eigenvalue weighted by Crippen LogP contribution is -2.33. The molecule has 0 fully saturated rings. The third-order valence-electron chi connectivity index (χ3n) is 1.60. The summed E-state index contributed by atoms with van der Waals surface area (Å²) < 4.78 is 0.773. The van der Waals surface area contributed by atoms with E-state index in [0.29, 0.717) is 0 Å². The lowest BCUT2D eigenvalue weighted by atomic mass is 10.2. The average Bonchev–Trinajstić information content (AvgIpc) is 2.16. The van der Waals surface area contributed by atoms with E-state index in [1.807, 2.05) is 43.4 Å². The second kappa shape index (κ2) is 6.33. The summed E-state index contributed by atoms with van der Waals surface area (Å²) in [6, 6.07) is 7.79. The highest BCUT2D eigenvalue weighted by atomic mass is 35.5. The Morgan fingerprint density at radius 2 is 2.00 bits per heavy atom. The van der Waals surface area contributed by atoms with Crippen LogP contribution in [-0.2, 0) is 5.75 Å². The number of nitrogens with zero attached hydrogens (tertiary/aromatic N) is 1. The minimum Gasteiger partial charge on any atom is -0.305 e. The minimum atomic E-state index is 0.762. The van der Waals surface area contributed by atoms with Crippen molar-refractivity contribution in [1.82, 2.24) is 10.4 Å². The van der Waals surface area contributed by atoms with Crippen LogP contribution in [0.15, 0.2) is 24.3 Å². The van der Waals surface area contributed by atoms with Crippen LogP contribution in [0.25, 0.3) is 0 Å². The van der Waals surface area contributed by atoms with Gasteiger partial charge in [0.15, 0.2) is 0 Å². The molecular weight excluding hydrogens is 248 g/mol. The monoisotopic (exact) mass is 260 g/mol. The molecule has 0 saturated carbocycles. The predicted molar refractivity (Wildman–Crippen MR) is 72.2 cm³/mol. The number of benzene rings is 1. The molecular formula is C10H13ClN2S2. The number of rotatable bonds is 3. The normalized spacial score (nSPS) is 10.4. The first kappa shape index (κ1) is 12.8. The van der Waals surface area contributed by atoms with Crippen molar-refractivity contribution in [3.63, 3.8) is 0 Å². The Morgan fingerprint density at radius 1 is 1.40 bits per heavy atom. The quantitative estimate of drug-likeness (QED) is 0.664. The molecule has 0 saturated heterocycles. The van der Waals surface area contributed by atoms with Crippen molar-refractivity contribution in [2.24, 2.45) is 0 Å². The van der Waals surface area contributed by atoms with Crippen LogP contribution in [-0.4, -0.2) is 23.4 Å². The smallest absolute Gasteiger partial charge is 0.148 e. The van der Waals surface area contributed by atoms with Crippen LogP contribution in [0.1, 0.15) is 5.56 Å². The zero-order chi connectivity index (χ0) is 11.3. The second-order valence-corrected chi connectivity index (χ2v) is 5.30. The Morgan fingerprint density at radius 3 is 2.53 bits per heavy atom. The van der Waals surface area contributed by atoms with Gasteiger partial charge in [-0.3, -0.25) is 0 Å². The number of thioether (sulfide) groups is 1. The molecule has 0 aliphatic rings. The maximum Gasteiger partial charge on any atom is 0.148 e. The van der Waals surface area contributed by atoms with E-state index in [1.165, 1.54) is 5.56 Å². The summed E-state index contributed by atoms with van der Waals surface area (Å²) in [6.45, 7) is 0. The van der Waals surface area contributed by atoms with E-state index < -0.39 is 0 Å². The van der Waals surface area contributed by atoms with Gasteiger partial charge >= 0.3 is 0 Å². The third-order valence-corrected chi connectivity index (χ3v) is 3.13. The van der Waals surface area contributed by atoms with Gasteiger partial charge in [0.2, 0.25) is 0 Å². The van der Waals surface area contributed by atoms with Crippen molar-refractivity contribution in [2.45, 2.75) is 5.75 Å². The molecule has 0 unspecified atom stereocenters. The highest BCUT2D eigenvalue weighted by Gasteiger charge is 1.99. The second-order valence-electron chi connectivity index (χ2n) is 3.21. The number of nitrogens with one attached hydrogen (secondary N) is 1. The van der Waals surface area contributed by atoms with E-state index in [1.54, 1.807) is 11.8 Å². The highest BCUT2D eigenvalue weighted by molar-refractivity contribution is 8.22. The maximum atomic E-state index is 5.79. The first-order valence-electron chi connectivity index (χ1n) is 4.43. The summed E-state index contributed by atoms with van der Waals surface area (Å²) in [7, 11) is 3.82. The fourth-order valence-corrected chi connectivity index (χ4v) is 2.17. The van der Waals surface area contributed by atoms with Crippen molar-refractivity contribution < 1.29 is 0 Å². The first-order valence-corrected chi connectivity index (χ1v) is 6.20. The molecule has 0 aliphatic carbocycles. The summed E-state index contributed by atoms with van der Waals surface area (Å²) in [6.07, 6.45) is 0. The Kier molecular flexibility index (Phi) is 5.39. The molecule has 0 heterocycles. The van der Waals surface area contributed by atoms with Crippen LogP contribution < -0.4 is 5.43 Å². The lowest BCUT2D eigenvalue weighted by Gasteiger charge is -2.13. The number of halogens is 1. The van der Waals surface area contributed by atoms with Gasteiger partial charge in [0.05, 0.1) is 0 Å². The van der Waals surface area contributed by atoms with Crippen LogP contribution >= 0.6 is 35.6 Å². The standard InChI is InChI=1S/C10H13ClN2S2/c1-13(2)12-10(14)15-7-8-3-5-9(11)6-4-8/h3-6H,7H2,1-2H3,(H,12,14). The molecule has 0 atom stereocenters. The molecule has 2 nitrogen and oxygen atoms in total. The number of hydrogen-bond acceptors (Lipinski definition) is 3. The molecule has 0 radical (unpaired) electrons. The molecule has 0 aromatic heterocycles. The van der Waals surface area contributed by atoms with Crippen LogP contribution in [0, 0.1) is 0 Å². The van der Waals surface area contributed by atoms with Gasteiger partial charge in [0, 0.05) is 24.9 Å². The average molecular weight is 261 g/mol. The van der Waals surface area contributed by atoms with Gasteiger partial charge in [0.1, 0.15) is 4.32 Å². The summed E-state index contributed by atoms with van der Waals surface area (Å²) >= 11 is 12.5. The molecule has 0 amide bonds. The molecule has 0 aliphatic heterocycles. The Bertz CT molecular complexity index is 325. The van der Waals surface area contributed by atoms with E-state index in [-0.39, 0.29) is 0 Å². The molecule has 1 rings (SSSR count). The third kappa shape index (κ3) is 5.37. The summed E-state index contributed by atoms with van der Waals surface area (Å²) in [4.78, 5) is 0. The fourth-order valence-electron chi connectivity index (χ4n) is 0.944. The van der Waals surface area contributed by atoms with E-state index in [0.717, 1.165) is 15.1 Å². The maximum absolute atomic E-state index is 5.79. The van der Waals surface area contributed by atoms with E-state index in [9.17, 15) is 0 Å². The lowest BCUT2D eigenvalue weighted by molar-refractivity contribution is 0.368. The van der Waals surface area contributed by atoms with Gasteiger partial charge in [-0.2, -0.15) is 0 Å². The summed E-state index contributed by atoms with van der Waals surface area (Å²) in [5.41, 5.74) is 4.24. The Labute approximate surface area is 105 Å². The van der Waals surface area contributed by atoms with Crippen LogP contribution in [0.5, 0.6) is 0 Å². The van der Waals surface area contributed by atoms with Gasteiger partial charge in [-0.05, 0) is 17.7 Å². The van der Waals surface area contributed by atoms with Crippen LogP contribution in [0.4, 0.5) is 0 Å². The van der Waals surface area contributed by atoms with Gasteiger partial charge in [0.25, 0.3) is 0 Å². The van der Waals surface area contributed by atoms with Crippen molar-refractivity contribution >= 4 is 39.9 Å². The topological polar surface area (TPSA) is 15.3 Å². The first-order chi connectivity index (χ1) is 7.08. The van der Waals surface area contributed by atoms with Gasteiger partial charge in [-0.1, -0.05) is 47.7 Å². The van der Waals surface area contributed by atoms with E-state index >= 15 is 0 Å². The number of hydrogen-bond donors (Lipinski definition) is 1. The molecule has 1 aromatic rings. The van der Waals surface area contributed by atoms with Crippen molar-refractivity contribution in [2.75, 3.05) is 14.1 Å². The van der Waals surface area contributed by atoms with Crippen LogP contribution in [0.3, 0.4) is 0 Å². The van der Waals surface area contributed by atoms with Gasteiger partial charge < -0.3 is 5.43 Å². The van der Waals surface area contributed by atoms with Crippen molar-refractivity contribution in [3.05, 3.63) is 34.9 Å². The largest absolute Gasteiger partial charge is 0.305 e. The Hall–Kier alpha value is -0.290. The molecule has 0 bridgehead atoms. The Balaban J connectivity index is 2.37. The predicted octanol–water partition coefficient (Wildman–Crippen LogP) is 2.92. The summed E-state index contributed by atoms with van der Waals surface area (Å²) in [5.74, 6) is 0.858. The van der Waals surface area contributed by atoms with Crippen molar-refractivity contribution in [3.8, 4) is 0 Å². The highest BCUT2D eigenvalue weighted by Crippen LogP contribution is 2.15. The molecule has 1 aromatic carbocycles. The summed E-state index contributed by atoms with van der Waals surface area (Å²) in [5, 5.41) is 2.59. The molecule has 1 N–H and O–H groups in total. The van der Waals surface area contributed by atoms with E-state index in [2.05, 4.69) is 5.43 Å². The molecule has 15 heavy (non-hydrogen) atoms. The van der Waals surface area contributed by atoms with Crippen LogP contribution in [0.2, 0.25) is 5.02 Å². The minimum absolute atomic E-state index is 0.762. The fraction of sp³-hybridized carbons (Fsp3) is 0.300. The molecule has 5 heteroatoms. The zero-order valence-corrected chi connectivity index (χ0v) is 11.0. The number of hydrazine groups is 1. The zero-order valence-electron chi connectivity index (χ0n) is 8.66. The molecule has 0 spiro atoms. The van der Waals surface area contributed by atoms with Gasteiger partial charge in [-0.25, -0.2) is 5.01 Å². The molecule has 82 valence electrons. The SMILES string of the molecule is CN(C)NC(=S)SCc1ccc(Cl)cc1. The van der Waals surface area contributed by atoms with Gasteiger partial charge in [-0.15, -0.1) is 0 Å².